The molecule has 2 amide bonds. The van der Waals surface area contributed by atoms with Crippen LogP contribution in [0.5, 0.6) is 5.88 Å². The summed E-state index contributed by atoms with van der Waals surface area (Å²) in [7, 11) is 1.28. The van der Waals surface area contributed by atoms with E-state index in [0.717, 1.165) is 31.6 Å². The topological polar surface area (TPSA) is 122 Å². The molecule has 1 aliphatic heterocycles. The number of para-hydroxylation sites is 2. The number of carbonyl (C=O) groups excluding carboxylic acids is 2. The van der Waals surface area contributed by atoms with E-state index in [2.05, 4.69) is 26.2 Å². The van der Waals surface area contributed by atoms with Gasteiger partial charge in [0.15, 0.2) is 0 Å². The number of nitrogens with one attached hydrogen (secondary N) is 2. The molecule has 6 rings (SSSR count). The minimum absolute atomic E-state index is 0.186. The van der Waals surface area contributed by atoms with Crippen LogP contribution in [0.4, 0.5) is 4.79 Å². The number of aromatic amines is 1. The number of thiophene rings is 1. The normalized spacial score (nSPS) is 17.2. The Balaban J connectivity index is 1.35. The number of fused-ring (bicyclic) bond motifs is 1. The fraction of sp³-hybridized carbons (Fsp3) is 0.281. The van der Waals surface area contributed by atoms with Crippen LogP contribution >= 0.6 is 27.3 Å². The first-order valence-electron chi connectivity index (χ1n) is 14.2. The molecule has 10 nitrogen and oxygen atoms in total. The van der Waals surface area contributed by atoms with Crippen molar-refractivity contribution in [2.45, 2.75) is 38.5 Å². The highest BCUT2D eigenvalue weighted by molar-refractivity contribution is 9.10. The molecule has 226 valence electrons. The van der Waals surface area contributed by atoms with Crippen LogP contribution in [-0.2, 0) is 9.53 Å². The van der Waals surface area contributed by atoms with Crippen LogP contribution < -0.4 is 10.1 Å². The maximum atomic E-state index is 14.1. The second-order valence-electron chi connectivity index (χ2n) is 10.9. The molecule has 0 saturated carbocycles. The maximum Gasteiger partial charge on any atom is 0.407 e. The van der Waals surface area contributed by atoms with Gasteiger partial charge in [-0.2, -0.15) is 0 Å². The highest BCUT2D eigenvalue weighted by atomic mass is 79.9. The number of aromatic nitrogens is 4. The Hall–Kier alpha value is -4.29. The number of imidazole rings is 1. The molecule has 0 spiro atoms. The van der Waals surface area contributed by atoms with Gasteiger partial charge in [0.2, 0.25) is 11.8 Å². The van der Waals surface area contributed by atoms with Gasteiger partial charge in [-0.25, -0.2) is 19.7 Å². The van der Waals surface area contributed by atoms with Gasteiger partial charge in [0.25, 0.3) is 0 Å². The van der Waals surface area contributed by atoms with Gasteiger partial charge in [-0.1, -0.05) is 60.1 Å². The van der Waals surface area contributed by atoms with E-state index in [0.29, 0.717) is 23.8 Å². The molecule has 44 heavy (non-hydrogen) atoms. The molecule has 1 aliphatic rings. The second-order valence-corrected chi connectivity index (χ2v) is 12.7. The first kappa shape index (κ1) is 29.8. The third-order valence-corrected chi connectivity index (χ3v) is 8.98. The Kier molecular flexibility index (Phi) is 8.62. The monoisotopic (exact) mass is 674 g/mol. The molecular formula is C32H31BrN6O4S. The van der Waals surface area contributed by atoms with Gasteiger partial charge in [-0.3, -0.25) is 4.79 Å². The Morgan fingerprint density at radius 2 is 1.82 bits per heavy atom. The van der Waals surface area contributed by atoms with Crippen LogP contribution in [0.15, 0.2) is 76.7 Å². The predicted octanol–water partition coefficient (Wildman–Crippen LogP) is 6.61. The number of benzene rings is 2. The van der Waals surface area contributed by atoms with E-state index in [1.165, 1.54) is 7.11 Å². The molecule has 1 saturated heterocycles. The third kappa shape index (κ3) is 6.18. The van der Waals surface area contributed by atoms with E-state index in [1.54, 1.807) is 22.4 Å². The molecule has 12 heteroatoms. The molecule has 2 aromatic carbocycles. The first-order valence-corrected chi connectivity index (χ1v) is 15.9. The van der Waals surface area contributed by atoms with Gasteiger partial charge in [-0.15, -0.1) is 11.3 Å². The number of halogens is 1. The van der Waals surface area contributed by atoms with E-state index in [9.17, 15) is 9.59 Å². The molecule has 3 aromatic heterocycles. The summed E-state index contributed by atoms with van der Waals surface area (Å²) in [6.07, 6.45) is 1.15. The van der Waals surface area contributed by atoms with Crippen molar-refractivity contribution in [2.75, 3.05) is 13.7 Å². The van der Waals surface area contributed by atoms with Gasteiger partial charge < -0.3 is 24.7 Å². The summed E-state index contributed by atoms with van der Waals surface area (Å²) in [4.78, 5) is 46.8. The molecule has 1 fully saturated rings. The number of alkyl carbamates (subject to hydrolysis) is 1. The van der Waals surface area contributed by atoms with Crippen molar-refractivity contribution in [2.24, 2.45) is 5.92 Å². The van der Waals surface area contributed by atoms with E-state index in [-0.39, 0.29) is 18.4 Å². The van der Waals surface area contributed by atoms with Crippen LogP contribution in [0.3, 0.4) is 0 Å². The molecule has 0 unspecified atom stereocenters. The fourth-order valence-electron chi connectivity index (χ4n) is 5.34. The summed E-state index contributed by atoms with van der Waals surface area (Å²) < 4.78 is 12.4. The molecule has 2 N–H and O–H groups in total. The fourth-order valence-corrected chi connectivity index (χ4v) is 6.31. The molecule has 3 atom stereocenters. The van der Waals surface area contributed by atoms with Crippen molar-refractivity contribution in [3.63, 3.8) is 0 Å². The van der Waals surface area contributed by atoms with E-state index in [1.807, 2.05) is 79.9 Å². The lowest BCUT2D eigenvalue weighted by Gasteiger charge is -2.29. The lowest BCUT2D eigenvalue weighted by molar-refractivity contribution is -0.135. The molecular weight excluding hydrogens is 644 g/mol. The zero-order chi connectivity index (χ0) is 30.8. The third-order valence-electron chi connectivity index (χ3n) is 7.58. The quantitative estimate of drug-likeness (QED) is 0.190. The van der Waals surface area contributed by atoms with Crippen LogP contribution in [0.25, 0.3) is 32.9 Å². The van der Waals surface area contributed by atoms with Crippen molar-refractivity contribution in [1.82, 2.24) is 30.2 Å². The molecule has 5 aromatic rings. The summed E-state index contributed by atoms with van der Waals surface area (Å²) in [6, 6.07) is 18.3. The Morgan fingerprint density at radius 1 is 1.07 bits per heavy atom. The Bertz CT molecular complexity index is 1780. The van der Waals surface area contributed by atoms with E-state index < -0.39 is 24.3 Å². The van der Waals surface area contributed by atoms with Crippen LogP contribution in [0.1, 0.15) is 32.1 Å². The average Bonchev–Trinajstić information content (AvgIpc) is 3.81. The van der Waals surface area contributed by atoms with E-state index >= 15 is 0 Å². The van der Waals surface area contributed by atoms with Crippen molar-refractivity contribution in [3.05, 3.63) is 82.5 Å². The van der Waals surface area contributed by atoms with Gasteiger partial charge >= 0.3 is 6.09 Å². The number of methoxy groups -OCH3 is 1. The SMILES string of the molecule is COC(=O)N[C@H](C(=O)N1C[C@@H](Oc2nc3ccccc3nc2-c2cccs2)C[C@H]1c1ncc(-c2ccc(Br)cc2)[nH]1)C(C)C. The van der Waals surface area contributed by atoms with Crippen molar-refractivity contribution in [1.29, 1.82) is 0 Å². The molecule has 0 bridgehead atoms. The second kappa shape index (κ2) is 12.7. The molecule has 4 heterocycles. The lowest BCUT2D eigenvalue weighted by Crippen LogP contribution is -2.51. The van der Waals surface area contributed by atoms with E-state index in [4.69, 9.17) is 24.4 Å². The Morgan fingerprint density at radius 3 is 2.50 bits per heavy atom. The average molecular weight is 676 g/mol. The number of hydrogen-bond acceptors (Lipinski definition) is 8. The molecule has 0 aliphatic carbocycles. The first-order chi connectivity index (χ1) is 21.3. The number of carbonyl (C=O) groups is 2. The van der Waals surface area contributed by atoms with Gasteiger partial charge in [-0.05, 0) is 47.2 Å². The number of nitrogens with zero attached hydrogens (tertiary/aromatic N) is 4. The minimum atomic E-state index is -0.799. The van der Waals surface area contributed by atoms with Crippen molar-refractivity contribution >= 4 is 50.3 Å². The van der Waals surface area contributed by atoms with Gasteiger partial charge in [0, 0.05) is 10.9 Å². The summed E-state index contributed by atoms with van der Waals surface area (Å²) in [5.74, 6) is 0.610. The maximum absolute atomic E-state index is 14.1. The molecule has 0 radical (unpaired) electrons. The Labute approximate surface area is 267 Å². The number of rotatable bonds is 8. The highest BCUT2D eigenvalue weighted by Gasteiger charge is 2.43. The number of ether oxygens (including phenoxy) is 2. The number of H-pyrrole nitrogens is 1. The van der Waals surface area contributed by atoms with Gasteiger partial charge in [0.05, 0.1) is 47.5 Å². The summed E-state index contributed by atoms with van der Waals surface area (Å²) >= 11 is 5.04. The predicted molar refractivity (Wildman–Crippen MR) is 172 cm³/mol. The highest BCUT2D eigenvalue weighted by Crippen LogP contribution is 2.38. The summed E-state index contributed by atoms with van der Waals surface area (Å²) in [5.41, 5.74) is 3.95. The summed E-state index contributed by atoms with van der Waals surface area (Å²) in [6.45, 7) is 4.03. The van der Waals surface area contributed by atoms with Crippen LogP contribution in [-0.4, -0.2) is 62.6 Å². The zero-order valence-electron chi connectivity index (χ0n) is 24.4. The minimum Gasteiger partial charge on any atom is -0.471 e. The lowest BCUT2D eigenvalue weighted by atomic mass is 10.0. The number of likely N-dealkylation sites (tertiary alicyclic amines) is 1. The summed E-state index contributed by atoms with van der Waals surface area (Å²) in [5, 5.41) is 4.70. The van der Waals surface area contributed by atoms with Crippen LogP contribution in [0, 0.1) is 5.92 Å². The largest absolute Gasteiger partial charge is 0.471 e. The zero-order valence-corrected chi connectivity index (χ0v) is 26.8. The van der Waals surface area contributed by atoms with Crippen molar-refractivity contribution in [3.8, 4) is 27.7 Å². The van der Waals surface area contributed by atoms with Crippen molar-refractivity contribution < 1.29 is 19.1 Å². The number of amides is 2. The van der Waals surface area contributed by atoms with Gasteiger partial charge in [0.1, 0.15) is 23.7 Å². The number of hydrogen-bond donors (Lipinski definition) is 2. The smallest absolute Gasteiger partial charge is 0.407 e. The van der Waals surface area contributed by atoms with Crippen LogP contribution in [0.2, 0.25) is 0 Å². The standard InChI is InChI=1S/C32H31BrN6O4S/c1-18(2)27(38-32(41)42-3)31(40)39-17-21(15-25(39)29-34-16-24(36-29)19-10-12-20(33)13-11-19)43-30-28(26-9-6-14-44-26)35-22-7-4-5-8-23(22)37-30/h4-14,16,18,21,25,27H,15,17H2,1-3H3,(H,34,36)(H,38,41)/t21-,25-,27-/m0/s1.